The molecular formula is C15H17N3O. The van der Waals surface area contributed by atoms with Crippen molar-refractivity contribution in [2.75, 3.05) is 11.9 Å². The standard InChI is InChI=1S/C15H17N3O/c1-2-18-9-8-17-15(18)14(19)12-5-6-13-11(10-12)4-3-7-16-13/h5-6,8-10,16H,2-4,7H2,1H3. The third-order valence-electron chi connectivity index (χ3n) is 3.57. The van der Waals surface area contributed by atoms with Gasteiger partial charge < -0.3 is 9.88 Å². The minimum Gasteiger partial charge on any atom is -0.385 e. The van der Waals surface area contributed by atoms with Crippen LogP contribution in [0.25, 0.3) is 0 Å². The number of aryl methyl sites for hydroxylation is 2. The van der Waals surface area contributed by atoms with Gasteiger partial charge in [0.25, 0.3) is 0 Å². The van der Waals surface area contributed by atoms with Gasteiger partial charge in [0.05, 0.1) is 0 Å². The van der Waals surface area contributed by atoms with Crippen LogP contribution >= 0.6 is 0 Å². The van der Waals surface area contributed by atoms with Crippen molar-refractivity contribution in [3.63, 3.8) is 0 Å². The van der Waals surface area contributed by atoms with Crippen LogP contribution in [0.15, 0.2) is 30.6 Å². The van der Waals surface area contributed by atoms with Gasteiger partial charge in [-0.15, -0.1) is 0 Å². The first-order valence-corrected chi connectivity index (χ1v) is 6.72. The molecule has 0 saturated carbocycles. The highest BCUT2D eigenvalue weighted by atomic mass is 16.1. The molecule has 0 unspecified atom stereocenters. The van der Waals surface area contributed by atoms with Gasteiger partial charge in [-0.25, -0.2) is 4.98 Å². The lowest BCUT2D eigenvalue weighted by molar-refractivity contribution is 0.102. The van der Waals surface area contributed by atoms with Gasteiger partial charge in [-0.2, -0.15) is 0 Å². The van der Waals surface area contributed by atoms with Gasteiger partial charge in [0.2, 0.25) is 5.78 Å². The van der Waals surface area contributed by atoms with Crippen LogP contribution in [0.5, 0.6) is 0 Å². The lowest BCUT2D eigenvalue weighted by Crippen LogP contribution is -2.14. The molecule has 0 fully saturated rings. The van der Waals surface area contributed by atoms with Crippen molar-refractivity contribution in [3.8, 4) is 0 Å². The first-order valence-electron chi connectivity index (χ1n) is 6.72. The maximum Gasteiger partial charge on any atom is 0.228 e. The summed E-state index contributed by atoms with van der Waals surface area (Å²) in [4.78, 5) is 16.6. The number of carbonyl (C=O) groups is 1. The van der Waals surface area contributed by atoms with Gasteiger partial charge in [-0.3, -0.25) is 4.79 Å². The van der Waals surface area contributed by atoms with Crippen molar-refractivity contribution in [3.05, 3.63) is 47.5 Å². The van der Waals surface area contributed by atoms with Crippen molar-refractivity contribution < 1.29 is 4.79 Å². The van der Waals surface area contributed by atoms with Crippen molar-refractivity contribution in [1.82, 2.24) is 9.55 Å². The van der Waals surface area contributed by atoms with Crippen LogP contribution in [0.4, 0.5) is 5.69 Å². The summed E-state index contributed by atoms with van der Waals surface area (Å²) >= 11 is 0. The molecule has 2 heterocycles. The first-order chi connectivity index (χ1) is 9.29. The van der Waals surface area contributed by atoms with E-state index in [1.54, 1.807) is 6.20 Å². The zero-order valence-corrected chi connectivity index (χ0v) is 11.0. The van der Waals surface area contributed by atoms with Crippen molar-refractivity contribution >= 4 is 11.5 Å². The van der Waals surface area contributed by atoms with Gasteiger partial charge in [0.1, 0.15) is 0 Å². The predicted octanol–water partition coefficient (Wildman–Crippen LogP) is 2.49. The second kappa shape index (κ2) is 4.88. The number of hydrogen-bond donors (Lipinski definition) is 1. The normalized spacial score (nSPS) is 13.7. The molecule has 1 N–H and O–H groups in total. The molecular weight excluding hydrogens is 238 g/mol. The third kappa shape index (κ3) is 2.14. The lowest BCUT2D eigenvalue weighted by Gasteiger charge is -2.18. The van der Waals surface area contributed by atoms with Crippen molar-refractivity contribution in [2.45, 2.75) is 26.3 Å². The van der Waals surface area contributed by atoms with Crippen LogP contribution in [-0.4, -0.2) is 21.9 Å². The van der Waals surface area contributed by atoms with Crippen LogP contribution in [0.3, 0.4) is 0 Å². The summed E-state index contributed by atoms with van der Waals surface area (Å²) in [5, 5.41) is 3.35. The number of rotatable bonds is 3. The Hall–Kier alpha value is -2.10. The van der Waals surface area contributed by atoms with E-state index in [9.17, 15) is 4.79 Å². The number of ketones is 1. The highest BCUT2D eigenvalue weighted by Crippen LogP contribution is 2.23. The fourth-order valence-corrected chi connectivity index (χ4v) is 2.52. The SMILES string of the molecule is CCn1ccnc1C(=O)c1ccc2c(c1)CCCN2. The monoisotopic (exact) mass is 255 g/mol. The second-order valence-corrected chi connectivity index (χ2v) is 4.77. The molecule has 19 heavy (non-hydrogen) atoms. The van der Waals surface area contributed by atoms with E-state index >= 15 is 0 Å². The molecule has 3 rings (SSSR count). The molecule has 0 saturated heterocycles. The number of fused-ring (bicyclic) bond motifs is 1. The molecule has 2 aromatic rings. The number of nitrogens with one attached hydrogen (secondary N) is 1. The Morgan fingerprint density at radius 1 is 1.47 bits per heavy atom. The smallest absolute Gasteiger partial charge is 0.228 e. The van der Waals surface area contributed by atoms with E-state index in [1.807, 2.05) is 35.9 Å². The predicted molar refractivity (Wildman–Crippen MR) is 74.6 cm³/mol. The molecule has 0 aliphatic carbocycles. The number of imidazole rings is 1. The molecule has 98 valence electrons. The maximum atomic E-state index is 12.5. The lowest BCUT2D eigenvalue weighted by atomic mass is 9.99. The molecule has 4 heteroatoms. The molecule has 0 amide bonds. The summed E-state index contributed by atoms with van der Waals surface area (Å²) in [6, 6.07) is 5.88. The zero-order valence-electron chi connectivity index (χ0n) is 11.0. The zero-order chi connectivity index (χ0) is 13.2. The average Bonchev–Trinajstić information content (AvgIpc) is 2.94. The van der Waals surface area contributed by atoms with Gasteiger partial charge in [0.15, 0.2) is 5.82 Å². The van der Waals surface area contributed by atoms with Crippen molar-refractivity contribution in [1.29, 1.82) is 0 Å². The average molecular weight is 255 g/mol. The fourth-order valence-electron chi connectivity index (χ4n) is 2.52. The maximum absolute atomic E-state index is 12.5. The van der Waals surface area contributed by atoms with E-state index in [-0.39, 0.29) is 5.78 Å². The first kappa shape index (κ1) is 12.0. The molecule has 0 spiro atoms. The molecule has 0 atom stereocenters. The molecule has 1 aliphatic heterocycles. The third-order valence-corrected chi connectivity index (χ3v) is 3.57. The van der Waals surface area contributed by atoms with E-state index in [2.05, 4.69) is 10.3 Å². The van der Waals surface area contributed by atoms with E-state index in [4.69, 9.17) is 0 Å². The Morgan fingerprint density at radius 2 is 2.37 bits per heavy atom. The summed E-state index contributed by atoms with van der Waals surface area (Å²) in [5.41, 5.74) is 3.11. The Labute approximate surface area is 112 Å². The molecule has 1 aliphatic rings. The van der Waals surface area contributed by atoms with Crippen LogP contribution in [0.1, 0.15) is 35.1 Å². The minimum absolute atomic E-state index is 0.000207. The van der Waals surface area contributed by atoms with E-state index in [1.165, 1.54) is 5.56 Å². The Balaban J connectivity index is 1.96. The molecule has 4 nitrogen and oxygen atoms in total. The van der Waals surface area contributed by atoms with Gasteiger partial charge in [0, 0.05) is 36.7 Å². The number of anilines is 1. The minimum atomic E-state index is 0.000207. The quantitative estimate of drug-likeness (QED) is 0.857. The molecule has 0 bridgehead atoms. The van der Waals surface area contributed by atoms with Crippen LogP contribution < -0.4 is 5.32 Å². The Morgan fingerprint density at radius 3 is 3.21 bits per heavy atom. The second-order valence-electron chi connectivity index (χ2n) is 4.77. The highest BCUT2D eigenvalue weighted by molar-refractivity contribution is 6.07. The fraction of sp³-hybridized carbons (Fsp3) is 0.333. The molecule has 0 radical (unpaired) electrons. The van der Waals surface area contributed by atoms with E-state index in [0.29, 0.717) is 5.82 Å². The molecule has 1 aromatic heterocycles. The molecule has 1 aromatic carbocycles. The summed E-state index contributed by atoms with van der Waals surface area (Å²) in [7, 11) is 0. The number of hydrogen-bond acceptors (Lipinski definition) is 3. The van der Waals surface area contributed by atoms with Gasteiger partial charge in [-0.1, -0.05) is 0 Å². The Kier molecular flexibility index (Phi) is 3.07. The summed E-state index contributed by atoms with van der Waals surface area (Å²) < 4.78 is 1.88. The number of carbonyl (C=O) groups excluding carboxylic acids is 1. The van der Waals surface area contributed by atoms with Crippen LogP contribution in [0, 0.1) is 0 Å². The number of benzene rings is 1. The summed E-state index contributed by atoms with van der Waals surface area (Å²) in [6.45, 7) is 3.78. The summed E-state index contributed by atoms with van der Waals surface area (Å²) in [6.07, 6.45) is 5.67. The van der Waals surface area contributed by atoms with Crippen molar-refractivity contribution in [2.24, 2.45) is 0 Å². The largest absolute Gasteiger partial charge is 0.385 e. The van der Waals surface area contributed by atoms with E-state index in [0.717, 1.165) is 37.2 Å². The summed E-state index contributed by atoms with van der Waals surface area (Å²) in [5.74, 6) is 0.520. The van der Waals surface area contributed by atoms with Gasteiger partial charge >= 0.3 is 0 Å². The highest BCUT2D eigenvalue weighted by Gasteiger charge is 2.17. The Bertz CT molecular complexity index is 616. The van der Waals surface area contributed by atoms with Gasteiger partial charge in [-0.05, 0) is 43.5 Å². The number of nitrogens with zero attached hydrogens (tertiary/aromatic N) is 2. The topological polar surface area (TPSA) is 46.9 Å². The van der Waals surface area contributed by atoms with Crippen LogP contribution in [-0.2, 0) is 13.0 Å². The van der Waals surface area contributed by atoms with Crippen LogP contribution in [0.2, 0.25) is 0 Å². The van der Waals surface area contributed by atoms with E-state index < -0.39 is 0 Å². The number of aromatic nitrogens is 2.